The molecule has 3 aromatic rings. The van der Waals surface area contributed by atoms with Gasteiger partial charge < -0.3 is 0 Å². The topological polar surface area (TPSA) is 91.7 Å². The maximum absolute atomic E-state index is 14.5. The number of halogens is 1. The maximum Gasteiger partial charge on any atom is 0.298 e. The van der Waals surface area contributed by atoms with Crippen LogP contribution in [-0.2, 0) is 22.2 Å². The Kier molecular flexibility index (Phi) is 6.22. The van der Waals surface area contributed by atoms with Crippen LogP contribution in [0.3, 0.4) is 0 Å². The van der Waals surface area contributed by atoms with E-state index in [2.05, 4.69) is 0 Å². The van der Waals surface area contributed by atoms with Crippen LogP contribution in [0.5, 0.6) is 0 Å². The summed E-state index contributed by atoms with van der Waals surface area (Å²) >= 11 is 0. The Morgan fingerprint density at radius 1 is 1.10 bits per heavy atom. The number of aryl methyl sites for hydroxylation is 1. The van der Waals surface area contributed by atoms with Gasteiger partial charge in [-0.05, 0) is 56.0 Å². The second-order valence-corrected chi connectivity index (χ2v) is 9.20. The van der Waals surface area contributed by atoms with Crippen molar-refractivity contribution in [3.05, 3.63) is 93.0 Å². The fraction of sp³-hybridized carbons (Fsp3) is 0.261. The molecular weight excluding hydrogens is 415 g/mol. The van der Waals surface area contributed by atoms with E-state index >= 15 is 0 Å². The summed E-state index contributed by atoms with van der Waals surface area (Å²) in [7, 11) is -1.74. The lowest BCUT2D eigenvalue weighted by Crippen LogP contribution is -2.43. The average molecular weight is 441 g/mol. The quantitative estimate of drug-likeness (QED) is 0.479. The van der Waals surface area contributed by atoms with Crippen molar-refractivity contribution in [1.82, 2.24) is 9.13 Å². The van der Waals surface area contributed by atoms with Crippen molar-refractivity contribution in [3.63, 3.8) is 0 Å². The molecule has 0 bridgehead atoms. The van der Waals surface area contributed by atoms with Crippen molar-refractivity contribution >= 4 is 16.0 Å². The Morgan fingerprint density at radius 3 is 2.42 bits per heavy atom. The van der Waals surface area contributed by atoms with Gasteiger partial charge >= 0.3 is 0 Å². The molecule has 0 aliphatic heterocycles. The van der Waals surface area contributed by atoms with Crippen LogP contribution < -0.4 is 11.0 Å². The molecule has 0 amide bonds. The van der Waals surface area contributed by atoms with Gasteiger partial charge in [-0.2, -0.15) is 0 Å². The van der Waals surface area contributed by atoms with E-state index in [1.165, 1.54) is 30.8 Å². The fourth-order valence-electron chi connectivity index (χ4n) is 3.47. The summed E-state index contributed by atoms with van der Waals surface area (Å²) in [5.74, 6) is 0.119. The number of aromatic nitrogens is 2. The van der Waals surface area contributed by atoms with E-state index in [0.29, 0.717) is 16.8 Å². The first-order valence-corrected chi connectivity index (χ1v) is 11.0. The molecule has 0 aliphatic rings. The van der Waals surface area contributed by atoms with Crippen LogP contribution in [0.15, 0.2) is 59.7 Å². The molecular formula is C23H25FN4O2S. The monoisotopic (exact) mass is 440 g/mol. The molecule has 162 valence electrons. The highest BCUT2D eigenvalue weighted by molar-refractivity contribution is 7.99. The second kappa shape index (κ2) is 8.55. The molecule has 0 fully saturated rings. The number of nitrogens with zero attached hydrogens (tertiary/aromatic N) is 2. The molecule has 1 heterocycles. The van der Waals surface area contributed by atoms with Gasteiger partial charge in [0, 0.05) is 12.4 Å². The molecule has 1 atom stereocenters. The second-order valence-electron chi connectivity index (χ2n) is 7.84. The molecule has 2 N–H and O–H groups in total. The predicted molar refractivity (Wildman–Crippen MR) is 121 cm³/mol. The van der Waals surface area contributed by atoms with E-state index in [1.54, 1.807) is 25.1 Å². The number of benzene rings is 2. The highest BCUT2D eigenvalue weighted by Crippen LogP contribution is 2.30. The molecule has 1 aromatic heterocycles. The summed E-state index contributed by atoms with van der Waals surface area (Å²) in [5, 5.41) is 16.2. The lowest BCUT2D eigenvalue weighted by Gasteiger charge is -2.20. The van der Waals surface area contributed by atoms with E-state index in [-0.39, 0.29) is 10.9 Å². The number of nitrogens with one attached hydrogen (secondary N) is 2. The highest BCUT2D eigenvalue weighted by Gasteiger charge is 2.23. The van der Waals surface area contributed by atoms with Gasteiger partial charge in [0.25, 0.3) is 5.56 Å². The van der Waals surface area contributed by atoms with Crippen molar-refractivity contribution in [2.75, 3.05) is 0 Å². The van der Waals surface area contributed by atoms with Crippen LogP contribution in [0.25, 0.3) is 5.69 Å². The Labute approximate surface area is 182 Å². The minimum atomic E-state index is -1.74. The van der Waals surface area contributed by atoms with Gasteiger partial charge in [-0.1, -0.05) is 36.4 Å². The van der Waals surface area contributed by atoms with E-state index in [1.807, 2.05) is 31.2 Å². The van der Waals surface area contributed by atoms with E-state index in [0.717, 1.165) is 15.7 Å². The maximum atomic E-state index is 14.5. The van der Waals surface area contributed by atoms with E-state index in [4.69, 9.17) is 10.8 Å². The number of alkyl halides is 1. The van der Waals surface area contributed by atoms with Crippen LogP contribution in [0.1, 0.15) is 36.1 Å². The molecule has 8 heteroatoms. The summed E-state index contributed by atoms with van der Waals surface area (Å²) < 4.78 is 29.5. The van der Waals surface area contributed by atoms with Crippen LogP contribution >= 0.6 is 0 Å². The third-order valence-corrected chi connectivity index (χ3v) is 6.42. The molecule has 2 aromatic carbocycles. The predicted octanol–water partition coefficient (Wildman–Crippen LogP) is 3.67. The summed E-state index contributed by atoms with van der Waals surface area (Å²) in [6.45, 7) is 6.52. The van der Waals surface area contributed by atoms with Gasteiger partial charge in [0.15, 0.2) is 10.7 Å². The summed E-state index contributed by atoms with van der Waals surface area (Å²) in [6, 6.07) is 12.5. The van der Waals surface area contributed by atoms with Gasteiger partial charge in [0.05, 0.1) is 22.2 Å². The number of rotatable bonds is 4. The molecule has 0 spiro atoms. The molecule has 0 saturated heterocycles. The van der Waals surface area contributed by atoms with E-state index in [9.17, 15) is 13.4 Å². The Hall–Kier alpha value is -3.13. The zero-order valence-electron chi connectivity index (χ0n) is 17.9. The SMILES string of the molecule is Cc1ccccc1CS(=O)C(=N)n1ccn(-c2cccc(C(C)(C)F)c2C)c(=O)c1=N. The van der Waals surface area contributed by atoms with Crippen molar-refractivity contribution in [3.8, 4) is 5.69 Å². The van der Waals surface area contributed by atoms with Crippen molar-refractivity contribution in [1.29, 1.82) is 10.8 Å². The summed E-state index contributed by atoms with van der Waals surface area (Å²) in [5.41, 5.74) is 0.540. The van der Waals surface area contributed by atoms with Crippen LogP contribution in [-0.4, -0.2) is 18.5 Å². The lowest BCUT2D eigenvalue weighted by atomic mass is 9.94. The van der Waals surface area contributed by atoms with Crippen LogP contribution in [0.2, 0.25) is 0 Å². The Balaban J connectivity index is 1.99. The molecule has 1 unspecified atom stereocenters. The Bertz CT molecular complexity index is 1300. The van der Waals surface area contributed by atoms with Gasteiger partial charge in [-0.25, -0.2) is 4.39 Å². The van der Waals surface area contributed by atoms with Crippen molar-refractivity contribution < 1.29 is 8.60 Å². The third kappa shape index (κ3) is 4.49. The zero-order chi connectivity index (χ0) is 22.9. The normalized spacial score (nSPS) is 12.5. The standard InChI is InChI=1S/C23H25FN4O2S/c1-15-8-5-6-9-17(15)14-31(30)22(26)28-13-12-27(21(29)20(28)25)19-11-7-10-18(16(19)2)23(3,4)24/h5-13,25-26H,14H2,1-4H3. The molecule has 3 rings (SSSR count). The van der Waals surface area contributed by atoms with Gasteiger partial charge in [0.1, 0.15) is 5.67 Å². The number of hydrogen-bond acceptors (Lipinski definition) is 4. The molecule has 0 saturated carbocycles. The average Bonchev–Trinajstić information content (AvgIpc) is 2.71. The fourth-order valence-corrected chi connectivity index (χ4v) is 4.59. The minimum absolute atomic E-state index is 0.119. The lowest BCUT2D eigenvalue weighted by molar-refractivity contribution is 0.220. The van der Waals surface area contributed by atoms with Gasteiger partial charge in [0.2, 0.25) is 0 Å². The largest absolute Gasteiger partial charge is 0.298 e. The first-order valence-electron chi connectivity index (χ1n) is 9.72. The van der Waals surface area contributed by atoms with Crippen LogP contribution in [0, 0.1) is 24.7 Å². The third-order valence-electron chi connectivity index (χ3n) is 5.21. The molecule has 0 radical (unpaired) electrons. The van der Waals surface area contributed by atoms with Crippen LogP contribution in [0.4, 0.5) is 4.39 Å². The molecule has 6 nitrogen and oxygen atoms in total. The number of hydrogen-bond donors (Lipinski definition) is 2. The summed E-state index contributed by atoms with van der Waals surface area (Å²) in [4.78, 5) is 12.9. The van der Waals surface area contributed by atoms with Crippen molar-refractivity contribution in [2.24, 2.45) is 0 Å². The van der Waals surface area contributed by atoms with E-state index < -0.39 is 27.5 Å². The minimum Gasteiger partial charge on any atom is -0.279 e. The smallest absolute Gasteiger partial charge is 0.279 e. The highest BCUT2D eigenvalue weighted by atomic mass is 32.2. The molecule has 0 aliphatic carbocycles. The first kappa shape index (κ1) is 22.6. The Morgan fingerprint density at radius 2 is 1.77 bits per heavy atom. The molecule has 31 heavy (non-hydrogen) atoms. The van der Waals surface area contributed by atoms with Gasteiger partial charge in [-0.15, -0.1) is 0 Å². The van der Waals surface area contributed by atoms with Crippen molar-refractivity contribution in [2.45, 2.75) is 39.1 Å². The first-order chi connectivity index (χ1) is 14.5. The summed E-state index contributed by atoms with van der Waals surface area (Å²) in [6.07, 6.45) is 2.78. The zero-order valence-corrected chi connectivity index (χ0v) is 18.7. The van der Waals surface area contributed by atoms with Gasteiger partial charge in [-0.3, -0.25) is 29.0 Å².